The monoisotopic (exact) mass is 255 g/mol. The van der Waals surface area contributed by atoms with Gasteiger partial charge in [0.2, 0.25) is 0 Å². The van der Waals surface area contributed by atoms with Crippen molar-refractivity contribution in [2.45, 2.75) is 18.3 Å². The molecule has 1 aliphatic rings. The fraction of sp³-hybridized carbons (Fsp3) is 0.417. The quantitative estimate of drug-likeness (QED) is 0.794. The van der Waals surface area contributed by atoms with Crippen molar-refractivity contribution >= 4 is 23.3 Å². The van der Waals surface area contributed by atoms with Crippen molar-refractivity contribution in [1.82, 2.24) is 0 Å². The number of hydrogen-bond donors (Lipinski definition) is 2. The first-order chi connectivity index (χ1) is 8.08. The molecule has 1 aliphatic heterocycles. The number of rotatable bonds is 2. The van der Waals surface area contributed by atoms with Crippen LogP contribution in [0.2, 0.25) is 5.02 Å². The fourth-order valence-corrected chi connectivity index (χ4v) is 2.45. The summed E-state index contributed by atoms with van der Waals surface area (Å²) < 4.78 is 5.23. The van der Waals surface area contributed by atoms with Crippen LogP contribution in [0, 0.1) is 0 Å². The Hall–Kier alpha value is -1.26. The van der Waals surface area contributed by atoms with Crippen LogP contribution in [0.5, 0.6) is 0 Å². The maximum absolute atomic E-state index is 11.6. The first-order valence-electron chi connectivity index (χ1n) is 5.43. The molecule has 1 heterocycles. The smallest absolute Gasteiger partial charge is 0.314 e. The van der Waals surface area contributed by atoms with Crippen LogP contribution in [0.4, 0.5) is 5.69 Å². The summed E-state index contributed by atoms with van der Waals surface area (Å²) in [6.45, 7) is 0.858. The lowest BCUT2D eigenvalue weighted by Gasteiger charge is -2.34. The lowest BCUT2D eigenvalue weighted by Crippen LogP contribution is -2.41. The molecule has 0 aromatic heterocycles. The van der Waals surface area contributed by atoms with Crippen LogP contribution < -0.4 is 5.73 Å². The van der Waals surface area contributed by atoms with E-state index >= 15 is 0 Å². The molecule has 5 heteroatoms. The highest BCUT2D eigenvalue weighted by Gasteiger charge is 2.43. The van der Waals surface area contributed by atoms with Crippen molar-refractivity contribution in [3.8, 4) is 0 Å². The topological polar surface area (TPSA) is 72.6 Å². The molecule has 2 rings (SSSR count). The van der Waals surface area contributed by atoms with Crippen LogP contribution in [0.15, 0.2) is 18.2 Å². The average Bonchev–Trinajstić information content (AvgIpc) is 2.33. The van der Waals surface area contributed by atoms with Gasteiger partial charge in [-0.3, -0.25) is 4.79 Å². The van der Waals surface area contributed by atoms with Crippen molar-refractivity contribution in [3.05, 3.63) is 28.8 Å². The summed E-state index contributed by atoms with van der Waals surface area (Å²) in [4.78, 5) is 11.6. The highest BCUT2D eigenvalue weighted by molar-refractivity contribution is 6.33. The van der Waals surface area contributed by atoms with E-state index in [4.69, 9.17) is 22.1 Å². The van der Waals surface area contributed by atoms with E-state index in [1.807, 2.05) is 0 Å². The third-order valence-electron chi connectivity index (χ3n) is 3.32. The lowest BCUT2D eigenvalue weighted by molar-refractivity contribution is -0.147. The van der Waals surface area contributed by atoms with Gasteiger partial charge in [-0.05, 0) is 24.5 Å². The highest BCUT2D eigenvalue weighted by atomic mass is 35.5. The first-order valence-corrected chi connectivity index (χ1v) is 5.81. The molecule has 92 valence electrons. The van der Waals surface area contributed by atoms with Crippen molar-refractivity contribution in [1.29, 1.82) is 0 Å². The molecule has 0 spiro atoms. The average molecular weight is 256 g/mol. The van der Waals surface area contributed by atoms with Crippen molar-refractivity contribution in [2.75, 3.05) is 18.9 Å². The van der Waals surface area contributed by atoms with Gasteiger partial charge in [0.05, 0.1) is 16.1 Å². The summed E-state index contributed by atoms with van der Waals surface area (Å²) in [5.74, 6) is -0.866. The molecule has 1 aromatic carbocycles. The van der Waals surface area contributed by atoms with Gasteiger partial charge in [-0.25, -0.2) is 0 Å². The molecule has 0 amide bonds. The van der Waals surface area contributed by atoms with Crippen LogP contribution in [-0.4, -0.2) is 24.3 Å². The normalized spacial score (nSPS) is 18.9. The van der Waals surface area contributed by atoms with Gasteiger partial charge in [0.25, 0.3) is 0 Å². The van der Waals surface area contributed by atoms with Gasteiger partial charge in [0.1, 0.15) is 0 Å². The minimum atomic E-state index is -0.965. The number of carboxylic acids is 1. The number of nitrogen functional groups attached to an aromatic ring is 1. The maximum atomic E-state index is 11.6. The van der Waals surface area contributed by atoms with Crippen LogP contribution in [0.1, 0.15) is 18.4 Å². The van der Waals surface area contributed by atoms with Gasteiger partial charge < -0.3 is 15.6 Å². The summed E-state index contributed by atoms with van der Waals surface area (Å²) in [6, 6.07) is 5.13. The van der Waals surface area contributed by atoms with Crippen LogP contribution in [0.3, 0.4) is 0 Å². The minimum absolute atomic E-state index is 0.360. The third kappa shape index (κ3) is 1.98. The molecule has 0 bridgehead atoms. The van der Waals surface area contributed by atoms with Gasteiger partial charge in [0.15, 0.2) is 0 Å². The second kappa shape index (κ2) is 4.55. The number of para-hydroxylation sites is 1. The second-order valence-electron chi connectivity index (χ2n) is 4.20. The number of carbonyl (C=O) groups is 1. The van der Waals surface area contributed by atoms with Gasteiger partial charge in [-0.2, -0.15) is 0 Å². The van der Waals surface area contributed by atoms with Crippen molar-refractivity contribution < 1.29 is 14.6 Å². The number of benzene rings is 1. The lowest BCUT2D eigenvalue weighted by atomic mass is 9.73. The molecule has 0 unspecified atom stereocenters. The molecule has 3 N–H and O–H groups in total. The van der Waals surface area contributed by atoms with E-state index < -0.39 is 11.4 Å². The zero-order valence-electron chi connectivity index (χ0n) is 9.28. The number of anilines is 1. The number of ether oxygens (including phenoxy) is 1. The zero-order chi connectivity index (χ0) is 12.5. The molecule has 1 fully saturated rings. The van der Waals surface area contributed by atoms with Crippen molar-refractivity contribution in [3.63, 3.8) is 0 Å². The van der Waals surface area contributed by atoms with Crippen LogP contribution in [-0.2, 0) is 14.9 Å². The third-order valence-corrected chi connectivity index (χ3v) is 3.65. The largest absolute Gasteiger partial charge is 0.481 e. The Morgan fingerprint density at radius 3 is 2.65 bits per heavy atom. The van der Waals surface area contributed by atoms with Gasteiger partial charge in [-0.1, -0.05) is 23.7 Å². The summed E-state index contributed by atoms with van der Waals surface area (Å²) in [5, 5.41) is 9.90. The minimum Gasteiger partial charge on any atom is -0.481 e. The summed E-state index contributed by atoms with van der Waals surface area (Å²) in [6.07, 6.45) is 0.847. The Bertz CT molecular complexity index is 441. The van der Waals surface area contributed by atoms with E-state index in [1.54, 1.807) is 18.2 Å². The molecule has 1 aromatic rings. The van der Waals surface area contributed by atoms with Crippen molar-refractivity contribution in [2.24, 2.45) is 0 Å². The van der Waals surface area contributed by atoms with Gasteiger partial charge in [-0.15, -0.1) is 0 Å². The molecule has 17 heavy (non-hydrogen) atoms. The predicted molar refractivity (Wildman–Crippen MR) is 65.2 cm³/mol. The zero-order valence-corrected chi connectivity index (χ0v) is 10.0. The second-order valence-corrected chi connectivity index (χ2v) is 4.61. The Morgan fingerprint density at radius 2 is 2.06 bits per heavy atom. The van der Waals surface area contributed by atoms with E-state index in [0.29, 0.717) is 42.3 Å². The predicted octanol–water partition coefficient (Wildman–Crippen LogP) is 2.06. The molecular weight excluding hydrogens is 242 g/mol. The number of nitrogens with two attached hydrogens (primary N) is 1. The summed E-state index contributed by atoms with van der Waals surface area (Å²) >= 11 is 5.95. The SMILES string of the molecule is Nc1c(Cl)cccc1C1(C(=O)O)CCOCC1. The van der Waals surface area contributed by atoms with E-state index in [-0.39, 0.29) is 0 Å². The molecular formula is C12H14ClNO3. The Balaban J connectivity index is 2.53. The number of hydrogen-bond acceptors (Lipinski definition) is 3. The van der Waals surface area contributed by atoms with E-state index in [0.717, 1.165) is 0 Å². The first kappa shape index (κ1) is 12.2. The Morgan fingerprint density at radius 1 is 1.41 bits per heavy atom. The molecule has 1 saturated heterocycles. The highest BCUT2D eigenvalue weighted by Crippen LogP contribution is 2.40. The standard InChI is InChI=1S/C12H14ClNO3/c13-9-3-1-2-8(10(9)14)12(11(15)16)4-6-17-7-5-12/h1-3H,4-7,14H2,(H,15,16). The molecule has 0 atom stereocenters. The molecule has 4 nitrogen and oxygen atoms in total. The van der Waals surface area contributed by atoms with Crippen LogP contribution >= 0.6 is 11.6 Å². The maximum Gasteiger partial charge on any atom is 0.314 e. The van der Waals surface area contributed by atoms with E-state index in [9.17, 15) is 9.90 Å². The summed E-state index contributed by atoms with van der Waals surface area (Å²) in [5.41, 5.74) is 5.89. The van der Waals surface area contributed by atoms with E-state index in [2.05, 4.69) is 0 Å². The molecule has 0 radical (unpaired) electrons. The van der Waals surface area contributed by atoms with E-state index in [1.165, 1.54) is 0 Å². The number of halogens is 1. The Kier molecular flexibility index (Phi) is 3.26. The molecule has 0 aliphatic carbocycles. The Labute approximate surface area is 104 Å². The number of aliphatic carboxylic acids is 1. The van der Waals surface area contributed by atoms with Gasteiger partial charge in [0, 0.05) is 13.2 Å². The summed E-state index contributed by atoms with van der Waals surface area (Å²) in [7, 11) is 0. The van der Waals surface area contributed by atoms with Gasteiger partial charge >= 0.3 is 5.97 Å². The van der Waals surface area contributed by atoms with Crippen LogP contribution in [0.25, 0.3) is 0 Å². The number of carboxylic acid groups (broad SMARTS) is 1. The fourth-order valence-electron chi connectivity index (χ4n) is 2.27. The molecule has 0 saturated carbocycles.